The van der Waals surface area contributed by atoms with Crippen LogP contribution in [-0.4, -0.2) is 31.7 Å². The molecular formula is C21H20F2N2O2S2. The van der Waals surface area contributed by atoms with Gasteiger partial charge in [-0.15, -0.1) is 11.3 Å². The predicted octanol–water partition coefficient (Wildman–Crippen LogP) is 4.84. The first-order chi connectivity index (χ1) is 13.8. The molecule has 1 aliphatic rings. The largest absolute Gasteiger partial charge is 0.348 e. The maximum atomic E-state index is 13.5. The van der Waals surface area contributed by atoms with Crippen LogP contribution in [0.25, 0.3) is 11.3 Å². The minimum atomic E-state index is -3.36. The molecule has 0 saturated carbocycles. The van der Waals surface area contributed by atoms with Crippen LogP contribution in [0.3, 0.4) is 0 Å². The number of aryl methyl sites for hydroxylation is 1. The maximum absolute atomic E-state index is 13.5. The van der Waals surface area contributed by atoms with Crippen LogP contribution in [0.1, 0.15) is 18.4 Å². The molecule has 0 amide bonds. The van der Waals surface area contributed by atoms with Crippen molar-refractivity contribution >= 4 is 26.3 Å². The molecule has 152 valence electrons. The van der Waals surface area contributed by atoms with Crippen LogP contribution < -0.4 is 4.90 Å². The smallest absolute Gasteiger partial charge is 0.185 e. The Labute approximate surface area is 172 Å². The minimum Gasteiger partial charge on any atom is -0.348 e. The van der Waals surface area contributed by atoms with Gasteiger partial charge in [-0.1, -0.05) is 17.7 Å². The maximum Gasteiger partial charge on any atom is 0.185 e. The zero-order chi connectivity index (χ0) is 20.6. The Kier molecular flexibility index (Phi) is 5.40. The average Bonchev–Trinajstić information content (AvgIpc) is 3.18. The summed E-state index contributed by atoms with van der Waals surface area (Å²) in [6.07, 6.45) is 1.03. The van der Waals surface area contributed by atoms with Gasteiger partial charge in [0.15, 0.2) is 15.0 Å². The van der Waals surface area contributed by atoms with E-state index in [0.717, 1.165) is 16.8 Å². The lowest BCUT2D eigenvalue weighted by Gasteiger charge is -2.31. The quantitative estimate of drug-likeness (QED) is 0.590. The minimum absolute atomic E-state index is 0.367. The van der Waals surface area contributed by atoms with Crippen molar-refractivity contribution in [2.45, 2.75) is 29.9 Å². The van der Waals surface area contributed by atoms with Crippen molar-refractivity contribution in [2.75, 3.05) is 18.0 Å². The summed E-state index contributed by atoms with van der Waals surface area (Å²) in [5, 5.41) is 2.08. The van der Waals surface area contributed by atoms with Gasteiger partial charge in [0, 0.05) is 30.1 Å². The highest BCUT2D eigenvalue weighted by molar-refractivity contribution is 7.92. The number of anilines is 1. The van der Waals surface area contributed by atoms with Crippen LogP contribution in [0.2, 0.25) is 0 Å². The topological polar surface area (TPSA) is 50.3 Å². The third-order valence-corrected chi connectivity index (χ3v) is 8.33. The summed E-state index contributed by atoms with van der Waals surface area (Å²) >= 11 is 1.39. The van der Waals surface area contributed by atoms with E-state index < -0.39 is 26.7 Å². The first-order valence-electron chi connectivity index (χ1n) is 9.30. The van der Waals surface area contributed by atoms with Crippen LogP contribution in [0.15, 0.2) is 52.7 Å². The number of aromatic nitrogens is 1. The molecule has 0 aliphatic carbocycles. The Morgan fingerprint density at radius 2 is 1.66 bits per heavy atom. The fourth-order valence-electron chi connectivity index (χ4n) is 3.52. The van der Waals surface area contributed by atoms with Gasteiger partial charge in [-0.3, -0.25) is 0 Å². The number of nitrogens with zero attached hydrogens (tertiary/aromatic N) is 2. The van der Waals surface area contributed by atoms with Gasteiger partial charge in [-0.25, -0.2) is 22.2 Å². The molecule has 2 aromatic carbocycles. The van der Waals surface area contributed by atoms with E-state index >= 15 is 0 Å². The van der Waals surface area contributed by atoms with Gasteiger partial charge in [-0.05, 0) is 44.0 Å². The molecule has 0 spiro atoms. The predicted molar refractivity (Wildman–Crippen MR) is 111 cm³/mol. The molecule has 0 unspecified atom stereocenters. The van der Waals surface area contributed by atoms with Gasteiger partial charge in [0.05, 0.1) is 15.8 Å². The zero-order valence-electron chi connectivity index (χ0n) is 15.8. The summed E-state index contributed by atoms with van der Waals surface area (Å²) in [6, 6.07) is 10.3. The number of hydrogen-bond donors (Lipinski definition) is 0. The Morgan fingerprint density at radius 1 is 1.03 bits per heavy atom. The Hall–Kier alpha value is -2.32. The third-order valence-electron chi connectivity index (χ3n) is 5.15. The first kappa shape index (κ1) is 20.0. The van der Waals surface area contributed by atoms with Gasteiger partial charge in [0.2, 0.25) is 0 Å². The van der Waals surface area contributed by atoms with Crippen LogP contribution in [0.4, 0.5) is 13.9 Å². The second kappa shape index (κ2) is 7.84. The van der Waals surface area contributed by atoms with Crippen LogP contribution in [0, 0.1) is 18.6 Å². The lowest BCUT2D eigenvalue weighted by atomic mass is 10.1. The molecule has 29 heavy (non-hydrogen) atoms. The van der Waals surface area contributed by atoms with Crippen molar-refractivity contribution in [3.8, 4) is 11.3 Å². The highest BCUT2D eigenvalue weighted by Gasteiger charge is 2.32. The molecule has 4 rings (SSSR count). The van der Waals surface area contributed by atoms with E-state index in [2.05, 4.69) is 4.98 Å². The monoisotopic (exact) mass is 434 g/mol. The highest BCUT2D eigenvalue weighted by atomic mass is 32.2. The van der Waals surface area contributed by atoms with Crippen LogP contribution in [-0.2, 0) is 9.84 Å². The van der Waals surface area contributed by atoms with Crippen molar-refractivity contribution in [3.05, 3.63) is 65.0 Å². The highest BCUT2D eigenvalue weighted by Crippen LogP contribution is 2.32. The van der Waals surface area contributed by atoms with Crippen molar-refractivity contribution < 1.29 is 17.2 Å². The van der Waals surface area contributed by atoms with Crippen molar-refractivity contribution in [2.24, 2.45) is 0 Å². The lowest BCUT2D eigenvalue weighted by Crippen LogP contribution is -2.39. The van der Waals surface area contributed by atoms with Crippen LogP contribution >= 0.6 is 11.3 Å². The normalized spacial score (nSPS) is 15.6. The fourth-order valence-corrected chi connectivity index (χ4v) is 6.14. The van der Waals surface area contributed by atoms with E-state index in [1.165, 1.54) is 23.5 Å². The number of rotatable bonds is 4. The van der Waals surface area contributed by atoms with Gasteiger partial charge < -0.3 is 4.90 Å². The Balaban J connectivity index is 1.46. The SMILES string of the molecule is Cc1ccc(S(=O)(=O)C2CCN(c3nc(-c4cc(F)cc(F)c4)cs3)CC2)cc1. The van der Waals surface area contributed by atoms with E-state index in [9.17, 15) is 17.2 Å². The molecule has 4 nitrogen and oxygen atoms in total. The number of thiazole rings is 1. The van der Waals surface area contributed by atoms with Crippen molar-refractivity contribution in [1.29, 1.82) is 0 Å². The summed E-state index contributed by atoms with van der Waals surface area (Å²) < 4.78 is 52.7. The molecule has 1 fully saturated rings. The molecule has 1 saturated heterocycles. The molecule has 3 aromatic rings. The van der Waals surface area contributed by atoms with Gasteiger partial charge >= 0.3 is 0 Å². The number of hydrogen-bond acceptors (Lipinski definition) is 5. The molecule has 0 N–H and O–H groups in total. The molecule has 0 bridgehead atoms. The lowest BCUT2D eigenvalue weighted by molar-refractivity contribution is 0.529. The Morgan fingerprint density at radius 3 is 2.28 bits per heavy atom. The second-order valence-electron chi connectivity index (χ2n) is 7.22. The summed E-state index contributed by atoms with van der Waals surface area (Å²) in [5.41, 5.74) is 1.93. The molecule has 0 radical (unpaired) electrons. The fraction of sp³-hybridized carbons (Fsp3) is 0.286. The van der Waals surface area contributed by atoms with E-state index in [1.54, 1.807) is 17.5 Å². The van der Waals surface area contributed by atoms with Crippen LogP contribution in [0.5, 0.6) is 0 Å². The molecule has 1 aliphatic heterocycles. The van der Waals surface area contributed by atoms with Gasteiger partial charge in [0.25, 0.3) is 0 Å². The number of benzene rings is 2. The van der Waals surface area contributed by atoms with Crippen molar-refractivity contribution in [3.63, 3.8) is 0 Å². The molecular weight excluding hydrogens is 414 g/mol. The summed E-state index contributed by atoms with van der Waals surface area (Å²) in [4.78, 5) is 6.90. The Bertz CT molecular complexity index is 1100. The summed E-state index contributed by atoms with van der Waals surface area (Å²) in [6.45, 7) is 3.07. The zero-order valence-corrected chi connectivity index (χ0v) is 17.4. The van der Waals surface area contributed by atoms with Gasteiger partial charge in [0.1, 0.15) is 11.6 Å². The standard InChI is InChI=1S/C21H20F2N2O2S2/c1-14-2-4-18(5-3-14)29(26,27)19-6-8-25(9-7-19)21-24-20(13-28-21)15-10-16(22)12-17(23)11-15/h2-5,10-13,19H,6-9H2,1H3. The van der Waals surface area contributed by atoms with E-state index in [1.807, 2.05) is 24.0 Å². The third kappa shape index (κ3) is 4.18. The molecule has 8 heteroatoms. The number of sulfone groups is 1. The number of piperidine rings is 1. The van der Waals surface area contributed by atoms with E-state index in [0.29, 0.717) is 42.1 Å². The van der Waals surface area contributed by atoms with E-state index in [4.69, 9.17) is 0 Å². The average molecular weight is 435 g/mol. The molecule has 0 atom stereocenters. The molecule has 1 aromatic heterocycles. The van der Waals surface area contributed by atoms with E-state index in [-0.39, 0.29) is 0 Å². The van der Waals surface area contributed by atoms with Crippen molar-refractivity contribution in [1.82, 2.24) is 4.98 Å². The molecule has 2 heterocycles. The number of halogens is 2. The van der Waals surface area contributed by atoms with Gasteiger partial charge in [-0.2, -0.15) is 0 Å². The first-order valence-corrected chi connectivity index (χ1v) is 11.7. The summed E-state index contributed by atoms with van der Waals surface area (Å²) in [7, 11) is -3.36. The second-order valence-corrected chi connectivity index (χ2v) is 10.3. The summed E-state index contributed by atoms with van der Waals surface area (Å²) in [5.74, 6) is -1.28.